The second-order valence-electron chi connectivity index (χ2n) is 7.58. The van der Waals surface area contributed by atoms with Gasteiger partial charge in [-0.05, 0) is 31.5 Å². The lowest BCUT2D eigenvalue weighted by Gasteiger charge is -2.35. The van der Waals surface area contributed by atoms with E-state index in [-0.39, 0.29) is 5.41 Å². The van der Waals surface area contributed by atoms with Crippen molar-refractivity contribution in [2.75, 3.05) is 13.1 Å². The third-order valence-corrected chi connectivity index (χ3v) is 4.30. The lowest BCUT2D eigenvalue weighted by molar-refractivity contribution is -0.0704. The molecule has 0 aliphatic carbocycles. The number of hydrogen-bond acceptors (Lipinski definition) is 3. The van der Waals surface area contributed by atoms with Crippen LogP contribution in [-0.4, -0.2) is 40.2 Å². The molecule has 0 bridgehead atoms. The zero-order valence-electron chi connectivity index (χ0n) is 14.3. The van der Waals surface area contributed by atoms with Crippen molar-refractivity contribution in [1.29, 1.82) is 0 Å². The maximum Gasteiger partial charge on any atom is 0.137 e. The molecule has 120 valence electrons. The van der Waals surface area contributed by atoms with Gasteiger partial charge in [0.1, 0.15) is 5.65 Å². The highest BCUT2D eigenvalue weighted by Crippen LogP contribution is 2.32. The first-order valence-electron chi connectivity index (χ1n) is 8.18. The highest BCUT2D eigenvalue weighted by Gasteiger charge is 2.27. The van der Waals surface area contributed by atoms with Crippen molar-refractivity contribution in [3.8, 4) is 0 Å². The molecule has 0 aromatic carbocycles. The number of pyridine rings is 1. The fourth-order valence-corrected chi connectivity index (χ4v) is 3.52. The molecule has 0 saturated carbocycles. The van der Waals surface area contributed by atoms with Gasteiger partial charge in [0, 0.05) is 42.3 Å². The zero-order chi connectivity index (χ0) is 15.9. The fourth-order valence-electron chi connectivity index (χ4n) is 3.52. The predicted octanol–water partition coefficient (Wildman–Crippen LogP) is 3.47. The highest BCUT2D eigenvalue weighted by molar-refractivity contribution is 5.81. The molecule has 3 rings (SSSR count). The van der Waals surface area contributed by atoms with Crippen LogP contribution in [-0.2, 0) is 16.7 Å². The average Bonchev–Trinajstić information content (AvgIpc) is 2.77. The summed E-state index contributed by atoms with van der Waals surface area (Å²) in [5.41, 5.74) is 3.76. The van der Waals surface area contributed by atoms with E-state index < -0.39 is 0 Å². The highest BCUT2D eigenvalue weighted by atomic mass is 16.5. The van der Waals surface area contributed by atoms with Crippen LogP contribution in [0, 0.1) is 0 Å². The van der Waals surface area contributed by atoms with Crippen molar-refractivity contribution in [1.82, 2.24) is 14.9 Å². The van der Waals surface area contributed by atoms with Crippen LogP contribution in [0.5, 0.6) is 0 Å². The monoisotopic (exact) mass is 301 g/mol. The molecule has 1 N–H and O–H groups in total. The Labute approximate surface area is 132 Å². The summed E-state index contributed by atoms with van der Waals surface area (Å²) in [5, 5.41) is 1.25. The Morgan fingerprint density at radius 3 is 2.59 bits per heavy atom. The van der Waals surface area contributed by atoms with Gasteiger partial charge < -0.3 is 9.72 Å². The lowest BCUT2D eigenvalue weighted by atomic mass is 9.88. The number of ether oxygens (including phenoxy) is 1. The normalized spacial score (nSPS) is 24.0. The van der Waals surface area contributed by atoms with Crippen molar-refractivity contribution in [3.05, 3.63) is 29.6 Å². The van der Waals surface area contributed by atoms with Gasteiger partial charge >= 0.3 is 0 Å². The molecule has 2 unspecified atom stereocenters. The van der Waals surface area contributed by atoms with Crippen molar-refractivity contribution in [3.63, 3.8) is 0 Å². The molecule has 2 atom stereocenters. The van der Waals surface area contributed by atoms with E-state index in [1.165, 1.54) is 16.6 Å². The van der Waals surface area contributed by atoms with Crippen LogP contribution in [0.15, 0.2) is 18.3 Å². The Bertz CT molecular complexity index is 646. The van der Waals surface area contributed by atoms with Gasteiger partial charge in [-0.15, -0.1) is 0 Å². The van der Waals surface area contributed by atoms with Gasteiger partial charge in [0.25, 0.3) is 0 Å². The Kier molecular flexibility index (Phi) is 4.00. The Morgan fingerprint density at radius 2 is 1.95 bits per heavy atom. The molecule has 22 heavy (non-hydrogen) atoms. The average molecular weight is 301 g/mol. The summed E-state index contributed by atoms with van der Waals surface area (Å²) < 4.78 is 5.86. The molecule has 1 aliphatic heterocycles. The van der Waals surface area contributed by atoms with E-state index in [4.69, 9.17) is 4.74 Å². The number of morpholine rings is 1. The first-order chi connectivity index (χ1) is 10.3. The molecule has 4 heteroatoms. The van der Waals surface area contributed by atoms with Gasteiger partial charge in [0.05, 0.1) is 12.2 Å². The summed E-state index contributed by atoms with van der Waals surface area (Å²) in [4.78, 5) is 10.6. The lowest BCUT2D eigenvalue weighted by Crippen LogP contribution is -2.45. The molecule has 4 nitrogen and oxygen atoms in total. The third kappa shape index (κ3) is 3.03. The van der Waals surface area contributed by atoms with Crippen LogP contribution in [0.4, 0.5) is 0 Å². The minimum Gasteiger partial charge on any atom is -0.373 e. The van der Waals surface area contributed by atoms with Crippen LogP contribution in [0.2, 0.25) is 0 Å². The van der Waals surface area contributed by atoms with Gasteiger partial charge in [-0.2, -0.15) is 0 Å². The SMILES string of the molecule is CC1CN(Cc2c(C(C)(C)C)[nH]c3ncccc23)CC(C)O1. The molecule has 0 spiro atoms. The van der Waals surface area contributed by atoms with Crippen LogP contribution < -0.4 is 0 Å². The van der Waals surface area contributed by atoms with Crippen LogP contribution in [0.1, 0.15) is 45.9 Å². The van der Waals surface area contributed by atoms with Gasteiger partial charge in [-0.25, -0.2) is 4.98 Å². The number of H-pyrrole nitrogens is 1. The molecular formula is C18H27N3O. The smallest absolute Gasteiger partial charge is 0.137 e. The molecule has 3 heterocycles. The zero-order valence-corrected chi connectivity index (χ0v) is 14.3. The molecule has 2 aromatic rings. The van der Waals surface area contributed by atoms with Crippen LogP contribution in [0.3, 0.4) is 0 Å². The van der Waals surface area contributed by atoms with Gasteiger partial charge in [-0.1, -0.05) is 20.8 Å². The van der Waals surface area contributed by atoms with E-state index in [0.29, 0.717) is 12.2 Å². The fraction of sp³-hybridized carbons (Fsp3) is 0.611. The Hall–Kier alpha value is -1.39. The number of nitrogens with one attached hydrogen (secondary N) is 1. The van der Waals surface area contributed by atoms with Gasteiger partial charge in [-0.3, -0.25) is 4.90 Å². The standard InChI is InChI=1S/C18H27N3O/c1-12-9-21(10-13(2)22-12)11-15-14-7-6-8-19-17(14)20-16(15)18(3,4)5/h6-8,12-13H,9-11H2,1-5H3,(H,19,20). The maximum atomic E-state index is 5.86. The summed E-state index contributed by atoms with van der Waals surface area (Å²) in [6.07, 6.45) is 2.45. The molecular weight excluding hydrogens is 274 g/mol. The van der Waals surface area contributed by atoms with E-state index in [2.05, 4.69) is 55.6 Å². The first-order valence-corrected chi connectivity index (χ1v) is 8.18. The van der Waals surface area contributed by atoms with E-state index in [1.807, 2.05) is 12.3 Å². The number of aromatic amines is 1. The number of nitrogens with zero attached hydrogens (tertiary/aromatic N) is 2. The summed E-state index contributed by atoms with van der Waals surface area (Å²) in [7, 11) is 0. The number of fused-ring (bicyclic) bond motifs is 1. The molecule has 0 radical (unpaired) electrons. The topological polar surface area (TPSA) is 41.2 Å². The van der Waals surface area contributed by atoms with Crippen LogP contribution in [0.25, 0.3) is 11.0 Å². The second-order valence-corrected chi connectivity index (χ2v) is 7.58. The number of rotatable bonds is 2. The maximum absolute atomic E-state index is 5.86. The summed E-state index contributed by atoms with van der Waals surface area (Å²) in [6.45, 7) is 14.0. The summed E-state index contributed by atoms with van der Waals surface area (Å²) in [5.74, 6) is 0. The minimum absolute atomic E-state index is 0.0829. The minimum atomic E-state index is 0.0829. The quantitative estimate of drug-likeness (QED) is 0.923. The van der Waals surface area contributed by atoms with Gasteiger partial charge in [0.2, 0.25) is 0 Å². The molecule has 1 aliphatic rings. The molecule has 2 aromatic heterocycles. The van der Waals surface area contributed by atoms with E-state index >= 15 is 0 Å². The van der Waals surface area contributed by atoms with E-state index in [9.17, 15) is 0 Å². The van der Waals surface area contributed by atoms with Crippen molar-refractivity contribution in [2.45, 2.75) is 58.8 Å². The van der Waals surface area contributed by atoms with Crippen molar-refractivity contribution >= 4 is 11.0 Å². The first kappa shape index (κ1) is 15.5. The van der Waals surface area contributed by atoms with Crippen molar-refractivity contribution in [2.24, 2.45) is 0 Å². The summed E-state index contributed by atoms with van der Waals surface area (Å²) >= 11 is 0. The van der Waals surface area contributed by atoms with E-state index in [0.717, 1.165) is 25.3 Å². The predicted molar refractivity (Wildman–Crippen MR) is 90.1 cm³/mol. The Balaban J connectivity index is 1.98. The third-order valence-electron chi connectivity index (χ3n) is 4.30. The molecule has 1 saturated heterocycles. The summed E-state index contributed by atoms with van der Waals surface area (Å²) in [6, 6.07) is 4.20. The van der Waals surface area contributed by atoms with Crippen molar-refractivity contribution < 1.29 is 4.74 Å². The van der Waals surface area contributed by atoms with Crippen LogP contribution >= 0.6 is 0 Å². The molecule has 0 amide bonds. The second kappa shape index (κ2) is 5.67. The number of aromatic nitrogens is 2. The molecule has 1 fully saturated rings. The largest absolute Gasteiger partial charge is 0.373 e. The van der Waals surface area contributed by atoms with Gasteiger partial charge in [0.15, 0.2) is 0 Å². The number of hydrogen-bond donors (Lipinski definition) is 1. The Morgan fingerprint density at radius 1 is 1.27 bits per heavy atom. The van der Waals surface area contributed by atoms with E-state index in [1.54, 1.807) is 0 Å².